The van der Waals surface area contributed by atoms with Crippen LogP contribution in [0.2, 0.25) is 0 Å². The molecule has 0 heterocycles. The van der Waals surface area contributed by atoms with E-state index in [0.29, 0.717) is 18.9 Å². The first-order valence-corrected chi connectivity index (χ1v) is 7.16. The van der Waals surface area contributed by atoms with Crippen molar-refractivity contribution in [2.75, 3.05) is 6.54 Å². The van der Waals surface area contributed by atoms with Gasteiger partial charge in [-0.05, 0) is 23.5 Å². The summed E-state index contributed by atoms with van der Waals surface area (Å²) in [5.41, 5.74) is 7.93. The third kappa shape index (κ3) is 5.03. The van der Waals surface area contributed by atoms with Gasteiger partial charge in [0.2, 0.25) is 5.91 Å². The molecule has 1 aromatic carbocycles. The Labute approximate surface area is 116 Å². The second-order valence-corrected chi connectivity index (χ2v) is 5.32. The van der Waals surface area contributed by atoms with E-state index in [4.69, 9.17) is 5.73 Å². The van der Waals surface area contributed by atoms with Gasteiger partial charge in [-0.25, -0.2) is 0 Å². The molecule has 19 heavy (non-hydrogen) atoms. The number of nitrogens with two attached hydrogens (primary N) is 1. The van der Waals surface area contributed by atoms with Gasteiger partial charge in [-0.2, -0.15) is 0 Å². The van der Waals surface area contributed by atoms with Crippen molar-refractivity contribution in [3.05, 3.63) is 35.4 Å². The third-order valence-electron chi connectivity index (χ3n) is 3.23. The zero-order valence-electron chi connectivity index (χ0n) is 12.3. The summed E-state index contributed by atoms with van der Waals surface area (Å²) in [5, 5.41) is 3.07. The number of aryl methyl sites for hydroxylation is 1. The minimum absolute atomic E-state index is 0.0267. The van der Waals surface area contributed by atoms with Crippen LogP contribution in [-0.2, 0) is 11.2 Å². The van der Waals surface area contributed by atoms with Gasteiger partial charge in [-0.15, -0.1) is 0 Å². The molecule has 0 saturated carbocycles. The number of amides is 1. The largest absolute Gasteiger partial charge is 0.349 e. The Balaban J connectivity index is 2.78. The molecule has 3 heteroatoms. The van der Waals surface area contributed by atoms with E-state index < -0.39 is 0 Å². The second kappa shape index (κ2) is 7.95. The van der Waals surface area contributed by atoms with Crippen molar-refractivity contribution in [2.45, 2.75) is 46.1 Å². The molecule has 0 aliphatic heterocycles. The van der Waals surface area contributed by atoms with Crippen LogP contribution in [0.15, 0.2) is 24.3 Å². The second-order valence-electron chi connectivity index (χ2n) is 5.32. The molecule has 0 aliphatic rings. The number of rotatable bonds is 7. The molecule has 1 atom stereocenters. The molecular formula is C16H26N2O. The molecule has 3 N–H and O–H groups in total. The maximum absolute atomic E-state index is 11.7. The fourth-order valence-corrected chi connectivity index (χ4v) is 2.19. The summed E-state index contributed by atoms with van der Waals surface area (Å²) in [4.78, 5) is 11.7. The van der Waals surface area contributed by atoms with Gasteiger partial charge in [0.1, 0.15) is 0 Å². The van der Waals surface area contributed by atoms with Gasteiger partial charge in [-0.1, -0.05) is 51.5 Å². The summed E-state index contributed by atoms with van der Waals surface area (Å²) in [7, 11) is 0. The summed E-state index contributed by atoms with van der Waals surface area (Å²) < 4.78 is 0. The maximum Gasteiger partial charge on any atom is 0.221 e. The summed E-state index contributed by atoms with van der Waals surface area (Å²) >= 11 is 0. The lowest BCUT2D eigenvalue weighted by atomic mass is 9.94. The Morgan fingerprint density at radius 2 is 1.89 bits per heavy atom. The first-order chi connectivity index (χ1) is 9.08. The molecule has 0 fully saturated rings. The van der Waals surface area contributed by atoms with Crippen molar-refractivity contribution in [2.24, 2.45) is 11.7 Å². The highest BCUT2D eigenvalue weighted by atomic mass is 16.1. The molecule has 0 spiro atoms. The molecule has 1 rings (SSSR count). The van der Waals surface area contributed by atoms with Crippen molar-refractivity contribution in [1.29, 1.82) is 0 Å². The maximum atomic E-state index is 11.7. The van der Waals surface area contributed by atoms with E-state index >= 15 is 0 Å². The Hall–Kier alpha value is -1.35. The van der Waals surface area contributed by atoms with Gasteiger partial charge in [0.15, 0.2) is 0 Å². The minimum atomic E-state index is 0.0267. The Kier molecular flexibility index (Phi) is 6.57. The molecule has 106 valence electrons. The van der Waals surface area contributed by atoms with Crippen molar-refractivity contribution >= 4 is 5.91 Å². The quantitative estimate of drug-likeness (QED) is 0.794. The van der Waals surface area contributed by atoms with E-state index in [2.05, 4.69) is 50.4 Å². The zero-order chi connectivity index (χ0) is 14.3. The lowest BCUT2D eigenvalue weighted by molar-refractivity contribution is -0.122. The smallest absolute Gasteiger partial charge is 0.221 e. The average Bonchev–Trinajstić information content (AvgIpc) is 2.37. The van der Waals surface area contributed by atoms with E-state index in [1.807, 2.05) is 0 Å². The van der Waals surface area contributed by atoms with Gasteiger partial charge >= 0.3 is 0 Å². The molecular weight excluding hydrogens is 236 g/mol. The lowest BCUT2D eigenvalue weighted by Gasteiger charge is -2.23. The van der Waals surface area contributed by atoms with Crippen LogP contribution in [0.25, 0.3) is 0 Å². The first-order valence-electron chi connectivity index (χ1n) is 7.16. The van der Waals surface area contributed by atoms with Crippen LogP contribution >= 0.6 is 0 Å². The normalized spacial score (nSPS) is 12.5. The van der Waals surface area contributed by atoms with Crippen LogP contribution in [0.4, 0.5) is 0 Å². The summed E-state index contributed by atoms with van der Waals surface area (Å²) in [6, 6.07) is 8.62. The number of carbonyl (C=O) groups excluding carboxylic acids is 1. The number of carbonyl (C=O) groups is 1. The Morgan fingerprint density at radius 1 is 1.26 bits per heavy atom. The highest BCUT2D eigenvalue weighted by Crippen LogP contribution is 2.22. The van der Waals surface area contributed by atoms with Crippen LogP contribution in [0.5, 0.6) is 0 Å². The minimum Gasteiger partial charge on any atom is -0.349 e. The van der Waals surface area contributed by atoms with Crippen LogP contribution in [0, 0.1) is 5.92 Å². The van der Waals surface area contributed by atoms with Crippen LogP contribution in [0.1, 0.15) is 50.8 Å². The highest BCUT2D eigenvalue weighted by Gasteiger charge is 2.17. The molecule has 1 aromatic rings. The van der Waals surface area contributed by atoms with Crippen LogP contribution in [0.3, 0.4) is 0 Å². The monoisotopic (exact) mass is 262 g/mol. The van der Waals surface area contributed by atoms with Gasteiger partial charge < -0.3 is 11.1 Å². The van der Waals surface area contributed by atoms with E-state index in [-0.39, 0.29) is 11.9 Å². The average molecular weight is 262 g/mol. The van der Waals surface area contributed by atoms with Crippen molar-refractivity contribution in [3.8, 4) is 0 Å². The van der Waals surface area contributed by atoms with E-state index in [9.17, 15) is 4.79 Å². The van der Waals surface area contributed by atoms with Crippen LogP contribution < -0.4 is 11.1 Å². The highest BCUT2D eigenvalue weighted by molar-refractivity contribution is 5.76. The summed E-state index contributed by atoms with van der Waals surface area (Å²) in [5.74, 6) is 0.387. The predicted octanol–water partition coefficient (Wildman–Crippen LogP) is 2.80. The zero-order valence-corrected chi connectivity index (χ0v) is 12.3. The van der Waals surface area contributed by atoms with Crippen LogP contribution in [-0.4, -0.2) is 12.5 Å². The molecule has 0 radical (unpaired) electrons. The summed E-state index contributed by atoms with van der Waals surface area (Å²) in [6.45, 7) is 6.81. The topological polar surface area (TPSA) is 55.1 Å². The summed E-state index contributed by atoms with van der Waals surface area (Å²) in [6.07, 6.45) is 2.64. The molecule has 1 amide bonds. The Morgan fingerprint density at radius 3 is 2.37 bits per heavy atom. The molecule has 0 aliphatic carbocycles. The first kappa shape index (κ1) is 15.7. The molecule has 0 bridgehead atoms. The van der Waals surface area contributed by atoms with E-state index in [1.54, 1.807) is 0 Å². The number of hydrogen-bond donors (Lipinski definition) is 2. The number of nitrogens with one attached hydrogen (secondary N) is 1. The lowest BCUT2D eigenvalue weighted by Crippen LogP contribution is -2.32. The molecule has 1 unspecified atom stereocenters. The molecule has 3 nitrogen and oxygen atoms in total. The van der Waals surface area contributed by atoms with Gasteiger partial charge in [0.25, 0.3) is 0 Å². The van der Waals surface area contributed by atoms with Gasteiger partial charge in [0, 0.05) is 13.0 Å². The van der Waals surface area contributed by atoms with Crippen molar-refractivity contribution in [1.82, 2.24) is 5.32 Å². The fourth-order valence-electron chi connectivity index (χ4n) is 2.19. The SMILES string of the molecule is CCCc1ccc(C(NC(=O)CCN)C(C)C)cc1. The van der Waals surface area contributed by atoms with Crippen molar-refractivity contribution in [3.63, 3.8) is 0 Å². The third-order valence-corrected chi connectivity index (χ3v) is 3.23. The predicted molar refractivity (Wildman–Crippen MR) is 79.8 cm³/mol. The molecule has 0 aromatic heterocycles. The Bertz CT molecular complexity index is 384. The standard InChI is InChI=1S/C16H26N2O/c1-4-5-13-6-8-14(9-7-13)16(12(2)3)18-15(19)10-11-17/h6-9,12,16H,4-5,10-11,17H2,1-3H3,(H,18,19). The van der Waals surface area contributed by atoms with E-state index in [1.165, 1.54) is 11.1 Å². The number of benzene rings is 1. The van der Waals surface area contributed by atoms with E-state index in [0.717, 1.165) is 12.8 Å². The van der Waals surface area contributed by atoms with Crippen molar-refractivity contribution < 1.29 is 4.79 Å². The van der Waals surface area contributed by atoms with Gasteiger partial charge in [0.05, 0.1) is 6.04 Å². The number of hydrogen-bond acceptors (Lipinski definition) is 2. The fraction of sp³-hybridized carbons (Fsp3) is 0.562. The molecule has 0 saturated heterocycles. The van der Waals surface area contributed by atoms with Gasteiger partial charge in [-0.3, -0.25) is 4.79 Å².